The largest absolute Gasteiger partial charge is 0.341 e. The summed E-state index contributed by atoms with van der Waals surface area (Å²) < 4.78 is 2.09. The minimum Gasteiger partial charge on any atom is -0.341 e. The maximum atomic E-state index is 12.9. The van der Waals surface area contributed by atoms with Gasteiger partial charge >= 0.3 is 0 Å². The maximum Gasteiger partial charge on any atom is 0.242 e. The molecule has 4 nitrogen and oxygen atoms in total. The van der Waals surface area contributed by atoms with Crippen LogP contribution in [-0.4, -0.2) is 39.7 Å². The van der Waals surface area contributed by atoms with Crippen LogP contribution in [0, 0.1) is 5.92 Å². The first-order valence-corrected chi connectivity index (χ1v) is 10.2. The highest BCUT2D eigenvalue weighted by atomic mass is 32.2. The van der Waals surface area contributed by atoms with E-state index in [1.54, 1.807) is 11.8 Å². The summed E-state index contributed by atoms with van der Waals surface area (Å²) in [7, 11) is 1.97. The summed E-state index contributed by atoms with van der Waals surface area (Å²) >= 11 is 1.74. The Hall–Kier alpha value is -1.49. The molecule has 1 heterocycles. The second-order valence-electron chi connectivity index (χ2n) is 6.95. The molecule has 2 aromatic rings. The Morgan fingerprint density at radius 3 is 2.71 bits per heavy atom. The van der Waals surface area contributed by atoms with Gasteiger partial charge in [0.15, 0.2) is 0 Å². The van der Waals surface area contributed by atoms with Crippen LogP contribution in [0.3, 0.4) is 0 Å². The molecule has 0 N–H and O–H groups in total. The molecule has 1 aromatic carbocycles. The van der Waals surface area contributed by atoms with E-state index in [4.69, 9.17) is 4.98 Å². The molecule has 1 aliphatic carbocycles. The maximum absolute atomic E-state index is 12.9. The topological polar surface area (TPSA) is 38.1 Å². The van der Waals surface area contributed by atoms with Gasteiger partial charge in [0, 0.05) is 13.1 Å². The van der Waals surface area contributed by atoms with Crippen molar-refractivity contribution in [3.05, 3.63) is 30.1 Å². The van der Waals surface area contributed by atoms with E-state index in [1.807, 2.05) is 30.1 Å². The van der Waals surface area contributed by atoms with Gasteiger partial charge in [0.05, 0.1) is 16.8 Å². The SMILES string of the molecule is CSCc1nc2ccccc2n1CC(=O)N(C)C1CCC(C)CC1. The molecule has 0 spiro atoms. The van der Waals surface area contributed by atoms with E-state index in [-0.39, 0.29) is 5.91 Å². The molecule has 0 aliphatic heterocycles. The fraction of sp³-hybridized carbons (Fsp3) is 0.579. The number of nitrogens with zero attached hydrogens (tertiary/aromatic N) is 3. The predicted octanol–water partition coefficient (Wildman–Crippen LogP) is 3.94. The zero-order chi connectivity index (χ0) is 17.1. The molecule has 24 heavy (non-hydrogen) atoms. The summed E-state index contributed by atoms with van der Waals surface area (Å²) in [4.78, 5) is 19.5. The smallest absolute Gasteiger partial charge is 0.242 e. The third kappa shape index (κ3) is 3.61. The molecule has 0 bridgehead atoms. The molecular formula is C19H27N3OS. The van der Waals surface area contributed by atoms with Gasteiger partial charge in [-0.15, -0.1) is 0 Å². The van der Waals surface area contributed by atoms with Gasteiger partial charge < -0.3 is 9.47 Å². The highest BCUT2D eigenvalue weighted by molar-refractivity contribution is 7.97. The fourth-order valence-electron chi connectivity index (χ4n) is 3.62. The van der Waals surface area contributed by atoms with Crippen molar-refractivity contribution < 1.29 is 4.79 Å². The van der Waals surface area contributed by atoms with Gasteiger partial charge in [-0.3, -0.25) is 4.79 Å². The van der Waals surface area contributed by atoms with Crippen molar-refractivity contribution in [2.75, 3.05) is 13.3 Å². The number of amides is 1. The first-order valence-electron chi connectivity index (χ1n) is 8.79. The summed E-state index contributed by atoms with van der Waals surface area (Å²) in [5.74, 6) is 2.81. The van der Waals surface area contributed by atoms with Crippen molar-refractivity contribution >= 4 is 28.7 Å². The van der Waals surface area contributed by atoms with Gasteiger partial charge in [0.1, 0.15) is 12.4 Å². The monoisotopic (exact) mass is 345 g/mol. The number of carbonyl (C=O) groups excluding carboxylic acids is 1. The predicted molar refractivity (Wildman–Crippen MR) is 101 cm³/mol. The summed E-state index contributed by atoms with van der Waals surface area (Å²) in [6.07, 6.45) is 6.79. The molecule has 0 unspecified atom stereocenters. The van der Waals surface area contributed by atoms with E-state index >= 15 is 0 Å². The standard InChI is InChI=1S/C19H27N3OS/c1-14-8-10-15(11-9-14)21(2)19(23)12-22-17-7-5-4-6-16(17)20-18(22)13-24-3/h4-7,14-15H,8-13H2,1-3H3. The number of rotatable bonds is 5. The lowest BCUT2D eigenvalue weighted by molar-refractivity contribution is -0.133. The number of fused-ring (bicyclic) bond motifs is 1. The van der Waals surface area contributed by atoms with Gasteiger partial charge in [-0.1, -0.05) is 19.1 Å². The number of hydrogen-bond donors (Lipinski definition) is 0. The van der Waals surface area contributed by atoms with E-state index < -0.39 is 0 Å². The van der Waals surface area contributed by atoms with Gasteiger partial charge in [-0.2, -0.15) is 11.8 Å². The summed E-state index contributed by atoms with van der Waals surface area (Å²) in [6.45, 7) is 2.70. The highest BCUT2D eigenvalue weighted by Gasteiger charge is 2.25. The number of thioether (sulfide) groups is 1. The van der Waals surface area contributed by atoms with Crippen LogP contribution >= 0.6 is 11.8 Å². The molecule has 1 aliphatic rings. The van der Waals surface area contributed by atoms with Crippen LogP contribution in [0.1, 0.15) is 38.4 Å². The number of carbonyl (C=O) groups is 1. The first-order chi connectivity index (χ1) is 11.6. The summed E-state index contributed by atoms with van der Waals surface area (Å²) in [5, 5.41) is 0. The minimum absolute atomic E-state index is 0.194. The zero-order valence-corrected chi connectivity index (χ0v) is 15.7. The molecule has 5 heteroatoms. The van der Waals surface area contributed by atoms with Crippen LogP contribution in [0.2, 0.25) is 0 Å². The first kappa shape index (κ1) is 17.3. The van der Waals surface area contributed by atoms with E-state index in [2.05, 4.69) is 23.8 Å². The number of imidazole rings is 1. The lowest BCUT2D eigenvalue weighted by Crippen LogP contribution is -2.41. The van der Waals surface area contributed by atoms with Crippen LogP contribution in [-0.2, 0) is 17.1 Å². The molecule has 0 atom stereocenters. The van der Waals surface area contributed by atoms with Crippen molar-refractivity contribution in [2.24, 2.45) is 5.92 Å². The second kappa shape index (κ2) is 7.60. The lowest BCUT2D eigenvalue weighted by Gasteiger charge is -2.33. The van der Waals surface area contributed by atoms with Gasteiger partial charge in [-0.25, -0.2) is 4.98 Å². The average molecular weight is 346 g/mol. The molecule has 0 saturated heterocycles. The van der Waals surface area contributed by atoms with Crippen molar-refractivity contribution in [2.45, 2.75) is 50.9 Å². The Labute approximate surface area is 148 Å². The number of para-hydroxylation sites is 2. The van der Waals surface area contributed by atoms with E-state index in [9.17, 15) is 4.79 Å². The molecule has 1 fully saturated rings. The molecule has 0 radical (unpaired) electrons. The van der Waals surface area contributed by atoms with Crippen molar-refractivity contribution in [1.82, 2.24) is 14.5 Å². The minimum atomic E-state index is 0.194. The molecular weight excluding hydrogens is 318 g/mol. The van der Waals surface area contributed by atoms with Crippen LogP contribution in [0.4, 0.5) is 0 Å². The molecule has 1 aromatic heterocycles. The Kier molecular flexibility index (Phi) is 5.49. The van der Waals surface area contributed by atoms with Crippen molar-refractivity contribution in [1.29, 1.82) is 0 Å². The Balaban J connectivity index is 1.78. The van der Waals surface area contributed by atoms with Crippen molar-refractivity contribution in [3.63, 3.8) is 0 Å². The summed E-state index contributed by atoms with van der Waals surface area (Å²) in [6, 6.07) is 8.49. The quantitative estimate of drug-likeness (QED) is 0.824. The summed E-state index contributed by atoms with van der Waals surface area (Å²) in [5.41, 5.74) is 2.03. The van der Waals surface area contributed by atoms with Crippen LogP contribution < -0.4 is 0 Å². The number of aromatic nitrogens is 2. The molecule has 3 rings (SSSR count). The molecule has 130 valence electrons. The molecule has 1 saturated carbocycles. The van der Waals surface area contributed by atoms with Crippen LogP contribution in [0.25, 0.3) is 11.0 Å². The Bertz CT molecular complexity index is 704. The number of benzene rings is 1. The Morgan fingerprint density at radius 1 is 1.29 bits per heavy atom. The van der Waals surface area contributed by atoms with Gasteiger partial charge in [0.2, 0.25) is 5.91 Å². The number of likely N-dealkylation sites (N-methyl/N-ethyl adjacent to an activating group) is 1. The second-order valence-corrected chi connectivity index (χ2v) is 7.82. The number of hydrogen-bond acceptors (Lipinski definition) is 3. The molecule has 1 amide bonds. The third-order valence-electron chi connectivity index (χ3n) is 5.23. The Morgan fingerprint density at radius 2 is 2.00 bits per heavy atom. The van der Waals surface area contributed by atoms with Crippen molar-refractivity contribution in [3.8, 4) is 0 Å². The normalized spacial score (nSPS) is 21.1. The average Bonchev–Trinajstić information content (AvgIpc) is 2.93. The highest BCUT2D eigenvalue weighted by Crippen LogP contribution is 2.27. The third-order valence-corrected chi connectivity index (χ3v) is 5.77. The van der Waals surface area contributed by atoms with E-state index in [0.29, 0.717) is 12.6 Å². The van der Waals surface area contributed by atoms with Crippen LogP contribution in [0.5, 0.6) is 0 Å². The van der Waals surface area contributed by atoms with Gasteiger partial charge in [-0.05, 0) is 50.0 Å². The van der Waals surface area contributed by atoms with E-state index in [1.165, 1.54) is 12.8 Å². The fourth-order valence-corrected chi connectivity index (χ4v) is 4.10. The van der Waals surface area contributed by atoms with Crippen LogP contribution in [0.15, 0.2) is 24.3 Å². The van der Waals surface area contributed by atoms with Gasteiger partial charge in [0.25, 0.3) is 0 Å². The lowest BCUT2D eigenvalue weighted by atomic mass is 9.87. The zero-order valence-electron chi connectivity index (χ0n) is 14.9. The van der Waals surface area contributed by atoms with E-state index in [0.717, 1.165) is 41.4 Å².